The van der Waals surface area contributed by atoms with E-state index >= 15 is 0 Å². The van der Waals surface area contributed by atoms with E-state index in [0.717, 1.165) is 16.8 Å². The van der Waals surface area contributed by atoms with E-state index < -0.39 is 12.1 Å². The number of para-hydroxylation sites is 1. The number of hydrogen-bond donors (Lipinski definition) is 3. The number of amides is 1. The van der Waals surface area contributed by atoms with Crippen molar-refractivity contribution in [2.75, 3.05) is 36.5 Å². The zero-order valence-corrected chi connectivity index (χ0v) is 19.7. The molecule has 1 atom stereocenters. The number of nitrogens with two attached hydrogens (primary N) is 1. The molecule has 11 nitrogen and oxygen atoms in total. The number of rotatable bonds is 4. The molecule has 0 aliphatic carbocycles. The molecule has 1 fully saturated rings. The first-order valence-electron chi connectivity index (χ1n) is 11.5. The smallest absolute Gasteiger partial charge is 0.291 e. The number of nitrogens with zero attached hydrogens (tertiary/aromatic N) is 5. The Morgan fingerprint density at radius 1 is 1.17 bits per heavy atom. The molecule has 184 valence electrons. The molecule has 0 spiro atoms. The number of aryl methyl sites for hydroxylation is 1. The first-order chi connectivity index (χ1) is 17.5. The van der Waals surface area contributed by atoms with Gasteiger partial charge in [0.25, 0.3) is 11.9 Å². The average Bonchev–Trinajstić information content (AvgIpc) is 3.23. The normalized spacial score (nSPS) is 18.1. The Morgan fingerprint density at radius 3 is 2.67 bits per heavy atom. The summed E-state index contributed by atoms with van der Waals surface area (Å²) in [4.78, 5) is 23.9. The van der Waals surface area contributed by atoms with Crippen molar-refractivity contribution in [1.82, 2.24) is 9.78 Å². The lowest BCUT2D eigenvalue weighted by Gasteiger charge is -2.28. The van der Waals surface area contributed by atoms with Gasteiger partial charge >= 0.3 is 0 Å². The van der Waals surface area contributed by atoms with Crippen molar-refractivity contribution >= 4 is 34.9 Å². The van der Waals surface area contributed by atoms with Gasteiger partial charge in [0.15, 0.2) is 5.69 Å². The maximum absolute atomic E-state index is 13.0. The summed E-state index contributed by atoms with van der Waals surface area (Å²) in [6.45, 7) is 2.53. The third-order valence-electron chi connectivity index (χ3n) is 5.81. The van der Waals surface area contributed by atoms with Crippen LogP contribution in [-0.2, 0) is 21.3 Å². The van der Waals surface area contributed by atoms with E-state index in [2.05, 4.69) is 25.3 Å². The molecule has 2 aliphatic heterocycles. The van der Waals surface area contributed by atoms with Crippen LogP contribution in [0.5, 0.6) is 0 Å². The minimum Gasteiger partial charge on any atom is -0.405 e. The van der Waals surface area contributed by atoms with Gasteiger partial charge in [-0.25, -0.2) is 4.99 Å². The van der Waals surface area contributed by atoms with Crippen LogP contribution in [0.4, 0.5) is 11.4 Å². The lowest BCUT2D eigenvalue weighted by atomic mass is 10.0. The predicted octanol–water partition coefficient (Wildman–Crippen LogP) is 1.73. The van der Waals surface area contributed by atoms with Crippen LogP contribution in [0.1, 0.15) is 16.8 Å². The molecular formula is C25H26N8O3. The molecule has 1 amide bonds. The van der Waals surface area contributed by atoms with Gasteiger partial charge in [0.1, 0.15) is 0 Å². The molecule has 0 radical (unpaired) electrons. The van der Waals surface area contributed by atoms with E-state index in [4.69, 9.17) is 20.6 Å². The lowest BCUT2D eigenvalue weighted by molar-refractivity contribution is -0.117. The third-order valence-corrected chi connectivity index (χ3v) is 5.81. The Bertz CT molecular complexity index is 1340. The Labute approximate surface area is 207 Å². The summed E-state index contributed by atoms with van der Waals surface area (Å²) < 4.78 is 12.5. The fourth-order valence-electron chi connectivity index (χ4n) is 4.13. The van der Waals surface area contributed by atoms with Gasteiger partial charge in [-0.1, -0.05) is 48.5 Å². The Hall–Kier alpha value is -4.51. The Balaban J connectivity index is 1.42. The topological polar surface area (TPSA) is 143 Å². The number of benzodiazepines with no additional fused rings is 1. The number of carbonyl (C=O) groups is 1. The van der Waals surface area contributed by atoms with Gasteiger partial charge in [-0.15, -0.1) is 0 Å². The van der Waals surface area contributed by atoms with Gasteiger partial charge in [-0.2, -0.15) is 10.1 Å². The number of fused-ring (bicyclic) bond motifs is 1. The number of nitrogens with one attached hydrogen (secondary N) is 2. The maximum Gasteiger partial charge on any atom is 0.291 e. The number of carbonyl (C=O) groups excluding carboxylic acids is 1. The second kappa shape index (κ2) is 10.0. The number of aromatic nitrogens is 2. The van der Waals surface area contributed by atoms with Crippen molar-refractivity contribution in [3.63, 3.8) is 0 Å². The molecule has 1 saturated heterocycles. The summed E-state index contributed by atoms with van der Waals surface area (Å²) in [5.74, 6) is -0.735. The maximum atomic E-state index is 13.0. The van der Waals surface area contributed by atoms with Crippen molar-refractivity contribution in [3.05, 3.63) is 77.6 Å². The second-order valence-corrected chi connectivity index (χ2v) is 8.29. The van der Waals surface area contributed by atoms with Crippen LogP contribution in [-0.4, -0.2) is 65.8 Å². The van der Waals surface area contributed by atoms with Gasteiger partial charge in [-0.05, 0) is 6.07 Å². The van der Waals surface area contributed by atoms with Crippen molar-refractivity contribution in [2.45, 2.75) is 6.17 Å². The first kappa shape index (κ1) is 23.2. The van der Waals surface area contributed by atoms with Gasteiger partial charge in [0.2, 0.25) is 12.1 Å². The molecule has 3 aromatic rings. The molecule has 0 saturated carbocycles. The standard InChI is InChI=1S/C25H26N8O3/c1-32-15-19(33-11-13-35-14-12-33)21(31-32)22(26)36-25(27)30-23-24(34)28-18-10-6-5-9-17(18)20(29-23)16-7-3-2-4-8-16/h2-10,15,23,26H,11-14H2,1H3,(H2,27,30)(H,28,34)/t23-/m1/s1. The van der Waals surface area contributed by atoms with Crippen LogP contribution in [0.25, 0.3) is 0 Å². The number of hydrogen-bond acceptors (Lipinski definition) is 8. The second-order valence-electron chi connectivity index (χ2n) is 8.29. The summed E-state index contributed by atoms with van der Waals surface area (Å²) in [6, 6.07) is 16.6. The highest BCUT2D eigenvalue weighted by Gasteiger charge is 2.27. The van der Waals surface area contributed by atoms with E-state index in [-0.39, 0.29) is 11.9 Å². The van der Waals surface area contributed by atoms with Crippen LogP contribution in [0.15, 0.2) is 70.8 Å². The molecule has 4 N–H and O–H groups in total. The van der Waals surface area contributed by atoms with Crippen LogP contribution < -0.4 is 16.0 Å². The highest BCUT2D eigenvalue weighted by atomic mass is 16.5. The third kappa shape index (κ3) is 4.82. The van der Waals surface area contributed by atoms with E-state index in [1.165, 1.54) is 0 Å². The van der Waals surface area contributed by atoms with Crippen LogP contribution >= 0.6 is 0 Å². The summed E-state index contributed by atoms with van der Waals surface area (Å²) in [5, 5.41) is 15.7. The van der Waals surface area contributed by atoms with Crippen LogP contribution in [0, 0.1) is 5.41 Å². The number of aliphatic imine (C=N–C) groups is 2. The van der Waals surface area contributed by atoms with E-state index in [9.17, 15) is 4.79 Å². The summed E-state index contributed by atoms with van der Waals surface area (Å²) in [7, 11) is 1.77. The molecule has 0 unspecified atom stereocenters. The molecule has 2 aromatic carbocycles. The minimum atomic E-state index is -1.21. The van der Waals surface area contributed by atoms with Gasteiger partial charge < -0.3 is 25.4 Å². The molecule has 5 rings (SSSR count). The minimum absolute atomic E-state index is 0.275. The van der Waals surface area contributed by atoms with E-state index in [1.807, 2.05) is 60.8 Å². The lowest BCUT2D eigenvalue weighted by Crippen LogP contribution is -2.37. The van der Waals surface area contributed by atoms with Crippen molar-refractivity contribution < 1.29 is 14.3 Å². The number of benzene rings is 2. The molecule has 36 heavy (non-hydrogen) atoms. The molecule has 1 aromatic heterocycles. The summed E-state index contributed by atoms with van der Waals surface area (Å²) >= 11 is 0. The number of anilines is 2. The number of morpholine rings is 1. The van der Waals surface area contributed by atoms with E-state index in [0.29, 0.717) is 43.4 Å². The summed E-state index contributed by atoms with van der Waals surface area (Å²) in [5.41, 5.74) is 9.94. The van der Waals surface area contributed by atoms with Crippen molar-refractivity contribution in [1.29, 1.82) is 5.41 Å². The molecule has 0 bridgehead atoms. The molecule has 3 heterocycles. The largest absolute Gasteiger partial charge is 0.405 e. The van der Waals surface area contributed by atoms with E-state index in [1.54, 1.807) is 11.7 Å². The van der Waals surface area contributed by atoms with Crippen LogP contribution in [0.3, 0.4) is 0 Å². The summed E-state index contributed by atoms with van der Waals surface area (Å²) in [6.07, 6.45) is 0.612. The zero-order valence-electron chi connectivity index (χ0n) is 19.7. The van der Waals surface area contributed by atoms with Crippen LogP contribution in [0.2, 0.25) is 0 Å². The zero-order chi connectivity index (χ0) is 25.1. The Morgan fingerprint density at radius 2 is 1.89 bits per heavy atom. The predicted molar refractivity (Wildman–Crippen MR) is 137 cm³/mol. The van der Waals surface area contributed by atoms with Crippen molar-refractivity contribution in [2.24, 2.45) is 22.8 Å². The Kier molecular flexibility index (Phi) is 6.46. The highest BCUT2D eigenvalue weighted by molar-refractivity contribution is 6.19. The van der Waals surface area contributed by atoms with Gasteiger partial charge in [0, 0.05) is 37.5 Å². The highest BCUT2D eigenvalue weighted by Crippen LogP contribution is 2.25. The fraction of sp³-hybridized carbons (Fsp3) is 0.240. The first-order valence-corrected chi connectivity index (χ1v) is 11.5. The van der Waals surface area contributed by atoms with Crippen molar-refractivity contribution in [3.8, 4) is 0 Å². The fourth-order valence-corrected chi connectivity index (χ4v) is 4.13. The molecule has 11 heteroatoms. The number of ether oxygens (including phenoxy) is 2. The molecule has 2 aliphatic rings. The van der Waals surface area contributed by atoms with Gasteiger partial charge in [-0.3, -0.25) is 14.9 Å². The van der Waals surface area contributed by atoms with Gasteiger partial charge in [0.05, 0.1) is 30.3 Å². The molecular weight excluding hydrogens is 460 g/mol. The SMILES string of the molecule is Cn1cc(N2CCOCC2)c(C(=N)O/C(N)=N/[C@H]2N=C(c3ccccc3)c3ccccc3NC2=O)n1. The number of amidine groups is 1. The average molecular weight is 487 g/mol. The quantitative estimate of drug-likeness (QED) is 0.379. The monoisotopic (exact) mass is 486 g/mol.